The molecule has 1 atom stereocenters. The van der Waals surface area contributed by atoms with E-state index in [1.54, 1.807) is 12.1 Å². The second-order valence-corrected chi connectivity index (χ2v) is 17.8. The third-order valence-corrected chi connectivity index (χ3v) is 12.1. The summed E-state index contributed by atoms with van der Waals surface area (Å²) in [6.45, 7) is 11.7. The minimum atomic E-state index is -1.07. The maximum absolute atomic E-state index is 13.2. The summed E-state index contributed by atoms with van der Waals surface area (Å²) in [4.78, 5) is 63.7. The quantitative estimate of drug-likeness (QED) is 0.0471. The van der Waals surface area contributed by atoms with Crippen molar-refractivity contribution in [3.63, 3.8) is 0 Å². The molecule has 0 saturated carbocycles. The number of carbonyl (C=O) groups is 5. The van der Waals surface area contributed by atoms with E-state index < -0.39 is 29.7 Å². The molecule has 0 aromatic heterocycles. The average Bonchev–Trinajstić information content (AvgIpc) is 3.61. The van der Waals surface area contributed by atoms with E-state index in [1.165, 1.54) is 102 Å². The normalized spacial score (nSPS) is 14.8. The summed E-state index contributed by atoms with van der Waals surface area (Å²) in [6.07, 6.45) is 24.5. The highest BCUT2D eigenvalue weighted by atomic mass is 16.6. The molecule has 1 saturated heterocycles. The molecule has 2 N–H and O–H groups in total. The highest BCUT2D eigenvalue weighted by Gasteiger charge is 2.45. The molecular weight excluding hydrogens is 903 g/mol. The van der Waals surface area contributed by atoms with Gasteiger partial charge in [0.25, 0.3) is 11.8 Å². The lowest BCUT2D eigenvalue weighted by Gasteiger charge is -2.27. The van der Waals surface area contributed by atoms with E-state index in [4.69, 9.17) is 42.6 Å². The Bertz CT molecular complexity index is 1550. The van der Waals surface area contributed by atoms with Gasteiger partial charge in [0.2, 0.25) is 17.7 Å². The molecule has 1 unspecified atom stereocenters. The molecule has 400 valence electrons. The summed E-state index contributed by atoms with van der Waals surface area (Å²) in [6, 6.07) is 3.55. The van der Waals surface area contributed by atoms with Crippen LogP contribution in [0.15, 0.2) is 18.2 Å². The minimum Gasteiger partial charge on any atom is -0.379 e. The van der Waals surface area contributed by atoms with E-state index in [2.05, 4.69) is 17.6 Å². The fourth-order valence-corrected chi connectivity index (χ4v) is 8.11. The van der Waals surface area contributed by atoms with Crippen LogP contribution in [0, 0.1) is 0 Å². The lowest BCUT2D eigenvalue weighted by molar-refractivity contribution is -0.136. The van der Waals surface area contributed by atoms with Crippen LogP contribution in [0.25, 0.3) is 0 Å². The largest absolute Gasteiger partial charge is 0.379 e. The van der Waals surface area contributed by atoms with Crippen molar-refractivity contribution in [3.05, 3.63) is 29.3 Å². The van der Waals surface area contributed by atoms with Gasteiger partial charge in [0.1, 0.15) is 6.04 Å². The summed E-state index contributed by atoms with van der Waals surface area (Å²) < 4.78 is 50.2. The molecule has 0 aliphatic carbocycles. The van der Waals surface area contributed by atoms with Crippen LogP contribution < -0.4 is 10.6 Å². The monoisotopic (exact) mass is 992 g/mol. The number of rotatable bonds is 49. The first kappa shape index (κ1) is 60.9. The highest BCUT2D eigenvalue weighted by molar-refractivity contribution is 6.26. The average molecular weight is 992 g/mol. The van der Waals surface area contributed by atoms with Gasteiger partial charge in [-0.3, -0.25) is 34.2 Å². The van der Waals surface area contributed by atoms with Gasteiger partial charge in [-0.05, 0) is 37.8 Å². The molecule has 0 radical (unpaired) electrons. The predicted octanol–water partition coefficient (Wildman–Crippen LogP) is 8.00. The number of fused-ring (bicyclic) bond motifs is 1. The highest BCUT2D eigenvalue weighted by Crippen LogP contribution is 2.32. The van der Waals surface area contributed by atoms with Crippen molar-refractivity contribution in [3.8, 4) is 0 Å². The van der Waals surface area contributed by atoms with Crippen LogP contribution in [-0.2, 0) is 57.0 Å². The van der Waals surface area contributed by atoms with Crippen LogP contribution in [-0.4, -0.2) is 159 Å². The molecule has 70 heavy (non-hydrogen) atoms. The second kappa shape index (κ2) is 42.1. The van der Waals surface area contributed by atoms with Gasteiger partial charge in [0.05, 0.1) is 123 Å². The van der Waals surface area contributed by atoms with Gasteiger partial charge in [-0.25, -0.2) is 0 Å². The predicted molar refractivity (Wildman–Crippen MR) is 267 cm³/mol. The first-order valence-electron chi connectivity index (χ1n) is 26.8. The van der Waals surface area contributed by atoms with Crippen molar-refractivity contribution in [1.29, 1.82) is 0 Å². The number of unbranched alkanes of at least 4 members (excludes halogenated alkanes) is 17. The summed E-state index contributed by atoms with van der Waals surface area (Å²) in [7, 11) is 0. The fourth-order valence-electron chi connectivity index (χ4n) is 8.11. The van der Waals surface area contributed by atoms with E-state index in [1.807, 2.05) is 0 Å². The Labute approximate surface area is 418 Å². The SMILES string of the molecule is CCCCCCCCCCCCCCCCCCOCCOCCOCCOCCOCCOCCOCCOCCOCCCCCC(=O)Nc1cccc2c1C(=O)N(C1CCC(=O)NC1=O)C2=O. The van der Waals surface area contributed by atoms with Crippen molar-refractivity contribution < 1.29 is 66.6 Å². The van der Waals surface area contributed by atoms with Crippen LogP contribution in [0.3, 0.4) is 0 Å². The Morgan fingerprint density at radius 3 is 1.27 bits per heavy atom. The number of nitrogens with one attached hydrogen (secondary N) is 2. The van der Waals surface area contributed by atoms with E-state index >= 15 is 0 Å². The molecule has 0 spiro atoms. The summed E-state index contributed by atoms with van der Waals surface area (Å²) in [5, 5.41) is 4.92. The molecule has 3 rings (SSSR count). The van der Waals surface area contributed by atoms with E-state index in [0.717, 1.165) is 30.8 Å². The molecule has 5 amide bonds. The van der Waals surface area contributed by atoms with Gasteiger partial charge >= 0.3 is 0 Å². The second-order valence-electron chi connectivity index (χ2n) is 17.8. The maximum atomic E-state index is 13.2. The number of piperidine rings is 1. The lowest BCUT2D eigenvalue weighted by atomic mass is 10.0. The molecule has 2 aliphatic rings. The van der Waals surface area contributed by atoms with Crippen molar-refractivity contribution in [2.24, 2.45) is 0 Å². The van der Waals surface area contributed by atoms with Crippen LogP contribution in [0.5, 0.6) is 0 Å². The van der Waals surface area contributed by atoms with Crippen LogP contribution in [0.4, 0.5) is 5.69 Å². The van der Waals surface area contributed by atoms with Gasteiger partial charge in [-0.1, -0.05) is 116 Å². The molecular formula is C53H89N3O14. The van der Waals surface area contributed by atoms with Crippen molar-refractivity contribution in [2.75, 3.05) is 124 Å². The van der Waals surface area contributed by atoms with E-state index in [-0.39, 0.29) is 42.0 Å². The first-order valence-corrected chi connectivity index (χ1v) is 26.8. The zero-order valence-electron chi connectivity index (χ0n) is 42.8. The van der Waals surface area contributed by atoms with Crippen molar-refractivity contribution in [2.45, 2.75) is 154 Å². The zero-order chi connectivity index (χ0) is 50.0. The van der Waals surface area contributed by atoms with Crippen LogP contribution in [0.2, 0.25) is 0 Å². The number of nitrogens with zero attached hydrogens (tertiary/aromatic N) is 1. The number of anilines is 1. The summed E-state index contributed by atoms with van der Waals surface area (Å²) >= 11 is 0. The molecule has 1 aromatic carbocycles. The fraction of sp³-hybridized carbons (Fsp3) is 0.792. The number of hydrogen-bond donors (Lipinski definition) is 2. The van der Waals surface area contributed by atoms with Crippen LogP contribution >= 0.6 is 0 Å². The number of benzene rings is 1. The van der Waals surface area contributed by atoms with Crippen molar-refractivity contribution in [1.82, 2.24) is 10.2 Å². The zero-order valence-corrected chi connectivity index (χ0v) is 42.8. The van der Waals surface area contributed by atoms with E-state index in [9.17, 15) is 24.0 Å². The number of hydrogen-bond acceptors (Lipinski definition) is 14. The number of amides is 5. The molecule has 17 heteroatoms. The molecule has 1 aromatic rings. The minimum absolute atomic E-state index is 0.0300. The molecule has 2 heterocycles. The third-order valence-electron chi connectivity index (χ3n) is 12.1. The van der Waals surface area contributed by atoms with Gasteiger partial charge < -0.3 is 47.9 Å². The van der Waals surface area contributed by atoms with Crippen molar-refractivity contribution >= 4 is 35.2 Å². The number of carbonyl (C=O) groups excluding carboxylic acids is 5. The van der Waals surface area contributed by atoms with Gasteiger partial charge in [-0.15, -0.1) is 0 Å². The summed E-state index contributed by atoms with van der Waals surface area (Å²) in [5.41, 5.74) is 0.392. The topological polar surface area (TPSA) is 196 Å². The Balaban J connectivity index is 0.946. The number of imide groups is 2. The van der Waals surface area contributed by atoms with Gasteiger partial charge in [0.15, 0.2) is 0 Å². The third kappa shape index (κ3) is 28.6. The first-order chi connectivity index (χ1) is 34.4. The standard InChI is InChI=1S/C53H89N3O14/c1-2-3-4-5-6-7-8-9-10-11-12-13-14-15-16-19-27-62-29-31-64-33-35-66-37-39-68-41-43-70-44-42-69-40-38-67-36-34-65-32-30-63-28-20-17-18-24-48(57)54-46-23-21-22-45-50(46)53(61)56(52(45)60)47-25-26-49(58)55-51(47)59/h21-23,47H,2-20,24-44H2,1H3,(H,54,57)(H,55,58,59). The smallest absolute Gasteiger partial charge is 0.264 e. The maximum Gasteiger partial charge on any atom is 0.264 e. The molecule has 2 aliphatic heterocycles. The molecule has 0 bridgehead atoms. The van der Waals surface area contributed by atoms with E-state index in [0.29, 0.717) is 119 Å². The molecule has 17 nitrogen and oxygen atoms in total. The van der Waals surface area contributed by atoms with Gasteiger partial charge in [-0.2, -0.15) is 0 Å². The Hall–Kier alpha value is -3.39. The molecule has 1 fully saturated rings. The lowest BCUT2D eigenvalue weighted by Crippen LogP contribution is -2.54. The Morgan fingerprint density at radius 2 is 0.871 bits per heavy atom. The Morgan fingerprint density at radius 1 is 0.500 bits per heavy atom. The Kier molecular flexibility index (Phi) is 36.7. The van der Waals surface area contributed by atoms with Gasteiger partial charge in [0, 0.05) is 26.1 Å². The van der Waals surface area contributed by atoms with Crippen LogP contribution in [0.1, 0.15) is 169 Å². The number of ether oxygens (including phenoxy) is 9. The summed E-state index contributed by atoms with van der Waals surface area (Å²) in [5.74, 6) is -2.70.